The molecule has 4 aromatic carbocycles. The first-order valence-corrected chi connectivity index (χ1v) is 20.4. The van der Waals surface area contributed by atoms with Crippen LogP contribution < -0.4 is 10.6 Å². The predicted octanol–water partition coefficient (Wildman–Crippen LogP) is 8.63. The van der Waals surface area contributed by atoms with Gasteiger partial charge in [-0.25, -0.2) is 14.6 Å². The molecule has 0 bridgehead atoms. The highest BCUT2D eigenvalue weighted by atomic mass is 16.6. The minimum atomic E-state index is -1.02. The second-order valence-corrected chi connectivity index (χ2v) is 16.6. The van der Waals surface area contributed by atoms with Crippen LogP contribution in [0.5, 0.6) is 0 Å². The Kier molecular flexibility index (Phi) is 10.9. The number of hydrogen-bond donors (Lipinski definition) is 5. The van der Waals surface area contributed by atoms with Crippen molar-refractivity contribution in [3.63, 3.8) is 0 Å². The van der Waals surface area contributed by atoms with Crippen molar-refractivity contribution in [3.8, 4) is 22.5 Å². The maximum Gasteiger partial charge on any atom is 0.408 e. The number of amides is 4. The van der Waals surface area contributed by atoms with Crippen LogP contribution in [-0.4, -0.2) is 78.6 Å². The van der Waals surface area contributed by atoms with Crippen LogP contribution in [0.3, 0.4) is 0 Å². The third-order valence-corrected chi connectivity index (χ3v) is 11.4. The molecule has 60 heavy (non-hydrogen) atoms. The summed E-state index contributed by atoms with van der Waals surface area (Å²) in [4.78, 5) is 67.8. The molecule has 4 amide bonds. The number of nitrogens with zero attached hydrogens (tertiary/aromatic N) is 3. The van der Waals surface area contributed by atoms with Crippen LogP contribution in [0.15, 0.2) is 115 Å². The fourth-order valence-corrected chi connectivity index (χ4v) is 8.56. The van der Waals surface area contributed by atoms with Crippen molar-refractivity contribution in [1.82, 2.24) is 30.1 Å². The first-order chi connectivity index (χ1) is 28.9. The molecule has 0 aliphatic carbocycles. The number of aromatic amines is 2. The zero-order valence-electron chi connectivity index (χ0n) is 33.9. The van der Waals surface area contributed by atoms with Crippen molar-refractivity contribution in [2.24, 2.45) is 0 Å². The van der Waals surface area contributed by atoms with Crippen LogP contribution in [0.4, 0.5) is 15.3 Å². The number of carbonyl (C=O) groups excluding carboxylic acids is 3. The number of aromatic nitrogens is 3. The quantitative estimate of drug-likeness (QED) is 0.0922. The van der Waals surface area contributed by atoms with Crippen LogP contribution in [0, 0.1) is 0 Å². The van der Waals surface area contributed by atoms with Crippen molar-refractivity contribution < 1.29 is 29.0 Å². The fraction of sp³-hybridized carbons (Fsp3) is 0.298. The highest BCUT2D eigenvalue weighted by Gasteiger charge is 2.47. The van der Waals surface area contributed by atoms with Gasteiger partial charge < -0.3 is 35.3 Å². The van der Waals surface area contributed by atoms with Crippen LogP contribution in [0.2, 0.25) is 0 Å². The average Bonchev–Trinajstić information content (AvgIpc) is 4.06. The molecule has 13 heteroatoms. The van der Waals surface area contributed by atoms with E-state index in [9.17, 15) is 24.3 Å². The third kappa shape index (κ3) is 8.33. The maximum atomic E-state index is 14.0. The molecule has 2 aliphatic heterocycles. The predicted molar refractivity (Wildman–Crippen MR) is 229 cm³/mol. The van der Waals surface area contributed by atoms with Crippen LogP contribution in [0.1, 0.15) is 69.4 Å². The lowest BCUT2D eigenvalue weighted by molar-refractivity contribution is -0.138. The molecule has 0 spiro atoms. The minimum absolute atomic E-state index is 0.299. The molecule has 0 radical (unpaired) electrons. The summed E-state index contributed by atoms with van der Waals surface area (Å²) in [5.74, 6) is -0.0325. The Morgan fingerprint density at radius 3 is 2.27 bits per heavy atom. The van der Waals surface area contributed by atoms with Crippen molar-refractivity contribution in [2.45, 2.75) is 76.1 Å². The van der Waals surface area contributed by atoms with Gasteiger partial charge in [0.25, 0.3) is 5.91 Å². The first kappa shape index (κ1) is 39.9. The normalized spacial score (nSPS) is 18.4. The Morgan fingerprint density at radius 1 is 0.867 bits per heavy atom. The SMILES string of the molecule is CC(C)(C)OC(=O)N[C@@H](C(=O)N1CCC[C@H]1C(=O)Nc1ccc2[nH]c(-c3ccc(-c4cnc([C@@]5(Cc6ccccc6)CCCN5C(=O)O)[nH]4)cc3)cc2c1)c1ccccc1. The first-order valence-electron chi connectivity index (χ1n) is 20.4. The molecule has 8 rings (SSSR count). The molecule has 2 aliphatic rings. The van der Waals surface area contributed by atoms with E-state index < -0.39 is 35.4 Å². The monoisotopic (exact) mass is 807 g/mol. The van der Waals surface area contributed by atoms with Gasteiger partial charge in [-0.15, -0.1) is 0 Å². The Labute approximate surface area is 348 Å². The summed E-state index contributed by atoms with van der Waals surface area (Å²) in [6.45, 7) is 6.11. The Hall–Kier alpha value is -6.89. The van der Waals surface area contributed by atoms with Crippen LogP contribution >= 0.6 is 0 Å². The van der Waals surface area contributed by atoms with E-state index >= 15 is 0 Å². The van der Waals surface area contributed by atoms with E-state index in [-0.39, 0.29) is 11.8 Å². The molecular weight excluding hydrogens is 759 g/mol. The number of likely N-dealkylation sites (tertiary alicyclic amines) is 2. The van der Waals surface area contributed by atoms with Crippen molar-refractivity contribution >= 4 is 40.6 Å². The van der Waals surface area contributed by atoms with E-state index in [1.165, 1.54) is 4.90 Å². The molecule has 13 nitrogen and oxygen atoms in total. The molecule has 0 saturated carbocycles. The topological polar surface area (TPSA) is 173 Å². The Bertz CT molecular complexity index is 2510. The van der Waals surface area contributed by atoms with Crippen LogP contribution in [-0.2, 0) is 26.3 Å². The lowest BCUT2D eigenvalue weighted by Crippen LogP contribution is -2.49. The van der Waals surface area contributed by atoms with Gasteiger partial charge in [0.1, 0.15) is 29.0 Å². The van der Waals surface area contributed by atoms with E-state index in [0.29, 0.717) is 55.8 Å². The lowest BCUT2D eigenvalue weighted by atomic mass is 9.87. The summed E-state index contributed by atoms with van der Waals surface area (Å²) in [5.41, 5.74) is 5.19. The molecule has 6 aromatic rings. The molecule has 2 saturated heterocycles. The molecule has 0 unspecified atom stereocenters. The number of rotatable bonds is 10. The molecule has 4 heterocycles. The molecule has 5 N–H and O–H groups in total. The summed E-state index contributed by atoms with van der Waals surface area (Å²) in [5, 5.41) is 16.8. The second kappa shape index (κ2) is 16.4. The number of H-pyrrole nitrogens is 2. The average molecular weight is 808 g/mol. The van der Waals surface area contributed by atoms with Crippen molar-refractivity contribution in [3.05, 3.63) is 132 Å². The number of anilines is 1. The van der Waals surface area contributed by atoms with E-state index in [0.717, 1.165) is 45.4 Å². The number of alkyl carbamates (subject to hydrolysis) is 1. The smallest absolute Gasteiger partial charge is 0.408 e. The fourth-order valence-electron chi connectivity index (χ4n) is 8.56. The van der Waals surface area contributed by atoms with Gasteiger partial charge in [0.05, 0.1) is 11.9 Å². The van der Waals surface area contributed by atoms with Gasteiger partial charge >= 0.3 is 12.2 Å². The third-order valence-electron chi connectivity index (χ3n) is 11.4. The van der Waals surface area contributed by atoms with E-state index in [2.05, 4.69) is 20.6 Å². The van der Waals surface area contributed by atoms with E-state index in [1.807, 2.05) is 84.9 Å². The number of carboxylic acid groups (broad SMARTS) is 1. The second-order valence-electron chi connectivity index (χ2n) is 16.6. The number of nitrogens with one attached hydrogen (secondary N) is 4. The molecule has 2 aromatic heterocycles. The number of hydrogen-bond acceptors (Lipinski definition) is 6. The Morgan fingerprint density at radius 2 is 1.57 bits per heavy atom. The zero-order valence-corrected chi connectivity index (χ0v) is 33.9. The summed E-state index contributed by atoms with van der Waals surface area (Å²) >= 11 is 0. The minimum Gasteiger partial charge on any atom is -0.465 e. The zero-order chi connectivity index (χ0) is 42.0. The van der Waals surface area contributed by atoms with E-state index in [1.54, 1.807) is 56.1 Å². The molecule has 3 atom stereocenters. The van der Waals surface area contributed by atoms with Gasteiger partial charge in [0, 0.05) is 41.8 Å². The van der Waals surface area contributed by atoms with E-state index in [4.69, 9.17) is 9.72 Å². The largest absolute Gasteiger partial charge is 0.465 e. The summed E-state index contributed by atoms with van der Waals surface area (Å²) in [6, 6.07) is 32.9. The number of carbonyl (C=O) groups is 4. The van der Waals surface area contributed by atoms with Gasteiger partial charge in [-0.1, -0.05) is 84.9 Å². The molecule has 308 valence electrons. The molecular formula is C47H49N7O6. The van der Waals surface area contributed by atoms with Crippen molar-refractivity contribution in [1.29, 1.82) is 0 Å². The van der Waals surface area contributed by atoms with Gasteiger partial charge in [-0.2, -0.15) is 0 Å². The number of ether oxygens (including phenoxy) is 1. The van der Waals surface area contributed by atoms with Crippen LogP contribution in [0.25, 0.3) is 33.4 Å². The highest BCUT2D eigenvalue weighted by Crippen LogP contribution is 2.41. The van der Waals surface area contributed by atoms with Gasteiger partial charge in [0.15, 0.2) is 0 Å². The van der Waals surface area contributed by atoms with Gasteiger partial charge in [0.2, 0.25) is 5.91 Å². The standard InChI is InChI=1S/C47H49N7O6/c1-46(2,3)60-44(57)52-40(33-14-8-5-9-15-33)42(56)53-24-10-16-39(53)41(55)49-35-21-22-36-34(26-35)27-37(50-36)31-17-19-32(20-18-31)38-29-48-43(51-38)47(23-11-25-54(47)45(58)59)28-30-12-6-4-7-13-30/h4-9,12-15,17-22,26-27,29,39-40,50H,10-11,16,23-25,28H2,1-3H3,(H,48,51)(H,49,55)(H,52,57)(H,58,59)/t39-,40+,47-/m0/s1. The number of benzene rings is 4. The van der Waals surface area contributed by atoms with Gasteiger partial charge in [-0.3, -0.25) is 14.5 Å². The number of imidazole rings is 1. The number of fused-ring (bicyclic) bond motifs is 1. The summed E-state index contributed by atoms with van der Waals surface area (Å²) in [6.07, 6.45) is 3.22. The van der Waals surface area contributed by atoms with Gasteiger partial charge in [-0.05, 0) is 93.0 Å². The summed E-state index contributed by atoms with van der Waals surface area (Å²) < 4.78 is 5.47. The molecule has 2 fully saturated rings. The Balaban J connectivity index is 0.959. The highest BCUT2D eigenvalue weighted by molar-refractivity contribution is 6.00. The maximum absolute atomic E-state index is 14.0. The van der Waals surface area contributed by atoms with Crippen molar-refractivity contribution in [2.75, 3.05) is 18.4 Å². The summed E-state index contributed by atoms with van der Waals surface area (Å²) in [7, 11) is 0. The lowest BCUT2D eigenvalue weighted by Gasteiger charge is -2.35.